The summed E-state index contributed by atoms with van der Waals surface area (Å²) in [7, 11) is 0. The molecule has 0 fully saturated rings. The zero-order chi connectivity index (χ0) is 20.5. The summed E-state index contributed by atoms with van der Waals surface area (Å²) < 4.78 is 16.6. The highest BCUT2D eigenvalue weighted by Gasteiger charge is 2.20. The third kappa shape index (κ3) is 6.30. The maximum Gasteiger partial charge on any atom is 0.339 e. The topological polar surface area (TPSA) is 73.9 Å². The summed E-state index contributed by atoms with van der Waals surface area (Å²) in [5, 5.41) is 2.71. The van der Waals surface area contributed by atoms with Crippen molar-refractivity contribution in [2.24, 2.45) is 5.92 Å². The molecule has 1 atom stereocenters. The largest absolute Gasteiger partial charge is 0.490 e. The maximum atomic E-state index is 12.4. The van der Waals surface area contributed by atoms with Gasteiger partial charge in [-0.15, -0.1) is 0 Å². The summed E-state index contributed by atoms with van der Waals surface area (Å²) in [4.78, 5) is 24.7. The van der Waals surface area contributed by atoms with Gasteiger partial charge in [0.05, 0.1) is 18.8 Å². The average Bonchev–Trinajstić information content (AvgIpc) is 2.67. The minimum absolute atomic E-state index is 0.291. The molecule has 0 saturated heterocycles. The van der Waals surface area contributed by atoms with Crippen LogP contribution < -0.4 is 14.8 Å². The quantitative estimate of drug-likeness (QED) is 0.651. The standard InChI is InChI=1S/C22H27NO5/c1-5-26-20-13-17(11-12-19(20)27-14-15(2)3)22(25)28-16(4)21(24)23-18-9-7-6-8-10-18/h6-13,15-16H,5,14H2,1-4H3,(H,23,24)/t16-/m1/s1. The Morgan fingerprint density at radius 1 is 0.964 bits per heavy atom. The van der Waals surface area contributed by atoms with Gasteiger partial charge >= 0.3 is 5.97 Å². The lowest BCUT2D eigenvalue weighted by Gasteiger charge is -2.16. The number of amides is 1. The van der Waals surface area contributed by atoms with Crippen LogP contribution in [-0.4, -0.2) is 31.2 Å². The average molecular weight is 385 g/mol. The van der Waals surface area contributed by atoms with E-state index in [1.807, 2.05) is 39.0 Å². The molecule has 0 aliphatic rings. The second kappa shape index (κ2) is 10.3. The molecule has 28 heavy (non-hydrogen) atoms. The number of ether oxygens (including phenoxy) is 3. The second-order valence-corrected chi connectivity index (χ2v) is 6.70. The first-order valence-corrected chi connectivity index (χ1v) is 9.37. The molecule has 0 saturated carbocycles. The zero-order valence-electron chi connectivity index (χ0n) is 16.7. The highest BCUT2D eigenvalue weighted by molar-refractivity contribution is 5.97. The summed E-state index contributed by atoms with van der Waals surface area (Å²) >= 11 is 0. The molecule has 6 nitrogen and oxygen atoms in total. The lowest BCUT2D eigenvalue weighted by atomic mass is 10.2. The second-order valence-electron chi connectivity index (χ2n) is 6.70. The van der Waals surface area contributed by atoms with Crippen LogP contribution in [0.3, 0.4) is 0 Å². The summed E-state index contributed by atoms with van der Waals surface area (Å²) in [6, 6.07) is 13.8. The molecular formula is C22H27NO5. The SMILES string of the molecule is CCOc1cc(C(=O)O[C@H](C)C(=O)Nc2ccccc2)ccc1OCC(C)C. The number of benzene rings is 2. The zero-order valence-corrected chi connectivity index (χ0v) is 16.7. The van der Waals surface area contributed by atoms with Crippen molar-refractivity contribution >= 4 is 17.6 Å². The summed E-state index contributed by atoms with van der Waals surface area (Å²) in [6.07, 6.45) is -0.944. The van der Waals surface area contributed by atoms with Gasteiger partial charge in [-0.3, -0.25) is 4.79 Å². The van der Waals surface area contributed by atoms with Crippen molar-refractivity contribution in [3.8, 4) is 11.5 Å². The summed E-state index contributed by atoms with van der Waals surface area (Å²) in [5.74, 6) is 0.401. The van der Waals surface area contributed by atoms with Gasteiger partial charge in [0.1, 0.15) is 0 Å². The third-order valence-corrected chi connectivity index (χ3v) is 3.75. The van der Waals surface area contributed by atoms with E-state index in [2.05, 4.69) is 5.32 Å². The Balaban J connectivity index is 2.03. The molecule has 0 radical (unpaired) electrons. The molecule has 0 aliphatic carbocycles. The molecule has 1 N–H and O–H groups in total. The Hall–Kier alpha value is -3.02. The molecular weight excluding hydrogens is 358 g/mol. The van der Waals surface area contributed by atoms with Crippen LogP contribution in [-0.2, 0) is 9.53 Å². The van der Waals surface area contributed by atoms with E-state index in [9.17, 15) is 9.59 Å². The van der Waals surface area contributed by atoms with Crippen LogP contribution in [0.1, 0.15) is 38.1 Å². The van der Waals surface area contributed by atoms with Crippen LogP contribution >= 0.6 is 0 Å². The summed E-state index contributed by atoms with van der Waals surface area (Å²) in [6.45, 7) is 8.46. The Bertz CT molecular complexity index is 789. The van der Waals surface area contributed by atoms with Crippen molar-refractivity contribution in [2.75, 3.05) is 18.5 Å². The molecule has 0 heterocycles. The van der Waals surface area contributed by atoms with Gasteiger partial charge in [-0.05, 0) is 50.1 Å². The summed E-state index contributed by atoms with van der Waals surface area (Å²) in [5.41, 5.74) is 0.931. The number of hydrogen-bond donors (Lipinski definition) is 1. The number of nitrogens with one attached hydrogen (secondary N) is 1. The van der Waals surface area contributed by atoms with Gasteiger partial charge < -0.3 is 19.5 Å². The number of hydrogen-bond acceptors (Lipinski definition) is 5. The molecule has 0 bridgehead atoms. The Labute approximate surface area is 165 Å². The Morgan fingerprint density at radius 3 is 2.32 bits per heavy atom. The molecule has 2 aromatic carbocycles. The van der Waals surface area contributed by atoms with Crippen LogP contribution in [0, 0.1) is 5.92 Å². The monoisotopic (exact) mass is 385 g/mol. The molecule has 0 aliphatic heterocycles. The number of esters is 1. The van der Waals surface area contributed by atoms with E-state index in [0.717, 1.165) is 0 Å². The Morgan fingerprint density at radius 2 is 1.68 bits per heavy atom. The highest BCUT2D eigenvalue weighted by Crippen LogP contribution is 2.29. The van der Waals surface area contributed by atoms with Gasteiger partial charge in [0.15, 0.2) is 17.6 Å². The van der Waals surface area contributed by atoms with Crippen molar-refractivity contribution in [2.45, 2.75) is 33.8 Å². The Kier molecular flexibility index (Phi) is 7.87. The van der Waals surface area contributed by atoms with E-state index in [-0.39, 0.29) is 0 Å². The van der Waals surface area contributed by atoms with E-state index >= 15 is 0 Å². The van der Waals surface area contributed by atoms with Gasteiger partial charge in [-0.2, -0.15) is 0 Å². The number of anilines is 1. The maximum absolute atomic E-state index is 12.4. The number of carbonyl (C=O) groups is 2. The lowest BCUT2D eigenvalue weighted by molar-refractivity contribution is -0.123. The van der Waals surface area contributed by atoms with Crippen LogP contribution in [0.15, 0.2) is 48.5 Å². The van der Waals surface area contributed by atoms with Crippen molar-refractivity contribution < 1.29 is 23.8 Å². The minimum atomic E-state index is -0.944. The fraction of sp³-hybridized carbons (Fsp3) is 0.364. The molecule has 6 heteroatoms. The van der Waals surface area contributed by atoms with Gasteiger partial charge in [0, 0.05) is 5.69 Å². The van der Waals surface area contributed by atoms with Crippen molar-refractivity contribution in [1.29, 1.82) is 0 Å². The molecule has 150 valence electrons. The van der Waals surface area contributed by atoms with Crippen LogP contribution in [0.5, 0.6) is 11.5 Å². The van der Waals surface area contributed by atoms with E-state index < -0.39 is 18.0 Å². The van der Waals surface area contributed by atoms with Crippen LogP contribution in [0.25, 0.3) is 0 Å². The van der Waals surface area contributed by atoms with Gasteiger partial charge in [-0.25, -0.2) is 4.79 Å². The fourth-order valence-electron chi connectivity index (χ4n) is 2.33. The lowest BCUT2D eigenvalue weighted by Crippen LogP contribution is -2.30. The van der Waals surface area contributed by atoms with E-state index in [1.165, 1.54) is 6.92 Å². The first-order chi connectivity index (χ1) is 13.4. The molecule has 1 amide bonds. The van der Waals surface area contributed by atoms with Crippen LogP contribution in [0.2, 0.25) is 0 Å². The molecule has 2 rings (SSSR count). The normalized spacial score (nSPS) is 11.6. The highest BCUT2D eigenvalue weighted by atomic mass is 16.5. The minimum Gasteiger partial charge on any atom is -0.490 e. The molecule has 0 spiro atoms. The van der Waals surface area contributed by atoms with E-state index in [4.69, 9.17) is 14.2 Å². The molecule has 0 unspecified atom stereocenters. The van der Waals surface area contributed by atoms with E-state index in [1.54, 1.807) is 30.3 Å². The first kappa shape index (κ1) is 21.3. The van der Waals surface area contributed by atoms with Gasteiger partial charge in [-0.1, -0.05) is 32.0 Å². The number of carbonyl (C=O) groups excluding carboxylic acids is 2. The predicted molar refractivity (Wildman–Crippen MR) is 108 cm³/mol. The number of rotatable bonds is 9. The van der Waals surface area contributed by atoms with Gasteiger partial charge in [0.2, 0.25) is 0 Å². The predicted octanol–water partition coefficient (Wildman–Crippen LogP) is 4.30. The van der Waals surface area contributed by atoms with Crippen molar-refractivity contribution in [3.05, 3.63) is 54.1 Å². The van der Waals surface area contributed by atoms with Gasteiger partial charge in [0.25, 0.3) is 5.91 Å². The molecule has 2 aromatic rings. The third-order valence-electron chi connectivity index (χ3n) is 3.75. The fourth-order valence-corrected chi connectivity index (χ4v) is 2.33. The van der Waals surface area contributed by atoms with Crippen molar-refractivity contribution in [3.63, 3.8) is 0 Å². The first-order valence-electron chi connectivity index (χ1n) is 9.37. The smallest absolute Gasteiger partial charge is 0.339 e. The number of para-hydroxylation sites is 1. The molecule has 0 aromatic heterocycles. The van der Waals surface area contributed by atoms with Crippen molar-refractivity contribution in [1.82, 2.24) is 0 Å². The van der Waals surface area contributed by atoms with E-state index in [0.29, 0.717) is 41.9 Å². The van der Waals surface area contributed by atoms with Crippen LogP contribution in [0.4, 0.5) is 5.69 Å².